The minimum absolute atomic E-state index is 0.559. The molecule has 0 bridgehead atoms. The molecule has 15 heavy (non-hydrogen) atoms. The highest BCUT2D eigenvalue weighted by molar-refractivity contribution is 9.09. The molecule has 1 aliphatic rings. The van der Waals surface area contributed by atoms with Crippen LogP contribution < -0.4 is 4.90 Å². The Morgan fingerprint density at radius 3 is 3.13 bits per heavy atom. The summed E-state index contributed by atoms with van der Waals surface area (Å²) in [6.07, 6.45) is 1.15. The zero-order valence-electron chi connectivity index (χ0n) is 7.91. The molecule has 1 fully saturated rings. The molecule has 0 aliphatic carbocycles. The SMILES string of the molecule is BrC1CCN(c2ccc3nnnn3n2)C1. The molecule has 0 saturated carbocycles. The van der Waals surface area contributed by atoms with Crippen LogP contribution in [-0.2, 0) is 0 Å². The number of halogens is 1. The number of alkyl halides is 1. The highest BCUT2D eigenvalue weighted by Crippen LogP contribution is 2.21. The second-order valence-electron chi connectivity index (χ2n) is 3.55. The second-order valence-corrected chi connectivity index (χ2v) is 4.84. The largest absolute Gasteiger partial charge is 0.354 e. The highest BCUT2D eigenvalue weighted by Gasteiger charge is 2.21. The van der Waals surface area contributed by atoms with Crippen LogP contribution >= 0.6 is 15.9 Å². The van der Waals surface area contributed by atoms with E-state index in [-0.39, 0.29) is 0 Å². The quantitative estimate of drug-likeness (QED) is 0.705. The van der Waals surface area contributed by atoms with Crippen molar-refractivity contribution in [3.8, 4) is 0 Å². The Labute approximate surface area is 94.4 Å². The van der Waals surface area contributed by atoms with Crippen LogP contribution in [0.3, 0.4) is 0 Å². The summed E-state index contributed by atoms with van der Waals surface area (Å²) in [6.45, 7) is 2.01. The summed E-state index contributed by atoms with van der Waals surface area (Å²) in [4.78, 5) is 2.78. The molecule has 3 rings (SSSR count). The number of anilines is 1. The number of tetrazole rings is 1. The average molecular weight is 269 g/mol. The zero-order valence-corrected chi connectivity index (χ0v) is 9.50. The van der Waals surface area contributed by atoms with E-state index < -0.39 is 0 Å². The van der Waals surface area contributed by atoms with E-state index in [2.05, 4.69) is 41.5 Å². The van der Waals surface area contributed by atoms with E-state index in [0.717, 1.165) is 25.3 Å². The van der Waals surface area contributed by atoms with Crippen molar-refractivity contribution in [3.05, 3.63) is 12.1 Å². The van der Waals surface area contributed by atoms with Gasteiger partial charge in [-0.3, -0.25) is 0 Å². The van der Waals surface area contributed by atoms with E-state index in [9.17, 15) is 0 Å². The van der Waals surface area contributed by atoms with Gasteiger partial charge in [-0.2, -0.15) is 0 Å². The van der Waals surface area contributed by atoms with Crippen LogP contribution in [-0.4, -0.2) is 43.2 Å². The third-order valence-corrected chi connectivity index (χ3v) is 3.26. The molecule has 1 unspecified atom stereocenters. The molecule has 0 radical (unpaired) electrons. The molecule has 1 aliphatic heterocycles. The lowest BCUT2D eigenvalue weighted by atomic mass is 10.4. The van der Waals surface area contributed by atoms with Crippen molar-refractivity contribution in [2.75, 3.05) is 18.0 Å². The molecule has 0 amide bonds. The number of nitrogens with zero attached hydrogens (tertiary/aromatic N) is 6. The van der Waals surface area contributed by atoms with Gasteiger partial charge in [0.15, 0.2) is 11.5 Å². The van der Waals surface area contributed by atoms with Gasteiger partial charge in [-0.1, -0.05) is 15.9 Å². The molecule has 1 saturated heterocycles. The van der Waals surface area contributed by atoms with Crippen molar-refractivity contribution in [1.29, 1.82) is 0 Å². The Kier molecular flexibility index (Phi) is 2.05. The number of hydrogen-bond donors (Lipinski definition) is 0. The molecule has 2 aromatic rings. The highest BCUT2D eigenvalue weighted by atomic mass is 79.9. The van der Waals surface area contributed by atoms with Gasteiger partial charge in [-0.15, -0.1) is 14.8 Å². The van der Waals surface area contributed by atoms with Crippen LogP contribution in [0.25, 0.3) is 5.65 Å². The maximum absolute atomic E-state index is 4.34. The summed E-state index contributed by atoms with van der Waals surface area (Å²) in [5, 5.41) is 15.5. The van der Waals surface area contributed by atoms with Crippen molar-refractivity contribution in [3.63, 3.8) is 0 Å². The van der Waals surface area contributed by atoms with Gasteiger partial charge >= 0.3 is 0 Å². The first-order valence-electron chi connectivity index (χ1n) is 4.77. The van der Waals surface area contributed by atoms with Gasteiger partial charge in [0.1, 0.15) is 0 Å². The van der Waals surface area contributed by atoms with Gasteiger partial charge in [0, 0.05) is 17.9 Å². The Balaban J connectivity index is 1.97. The first kappa shape index (κ1) is 9.02. The van der Waals surface area contributed by atoms with Crippen LogP contribution in [0.1, 0.15) is 6.42 Å². The molecule has 1 atom stereocenters. The first-order valence-corrected chi connectivity index (χ1v) is 5.69. The molecule has 78 valence electrons. The topological polar surface area (TPSA) is 59.2 Å². The van der Waals surface area contributed by atoms with Gasteiger partial charge in [-0.05, 0) is 29.0 Å². The Morgan fingerprint density at radius 1 is 1.40 bits per heavy atom. The molecular formula is C8H9BrN6. The summed E-state index contributed by atoms with van der Waals surface area (Å²) >= 11 is 3.60. The lowest BCUT2D eigenvalue weighted by molar-refractivity contribution is 0.723. The molecular weight excluding hydrogens is 260 g/mol. The summed E-state index contributed by atoms with van der Waals surface area (Å²) in [6, 6.07) is 3.83. The Hall–Kier alpha value is -1.24. The van der Waals surface area contributed by atoms with Crippen LogP contribution in [0, 0.1) is 0 Å². The van der Waals surface area contributed by atoms with Crippen molar-refractivity contribution in [2.24, 2.45) is 0 Å². The lowest BCUT2D eigenvalue weighted by Gasteiger charge is -2.15. The fourth-order valence-corrected chi connectivity index (χ4v) is 2.29. The van der Waals surface area contributed by atoms with Gasteiger partial charge in [0.25, 0.3) is 0 Å². The molecule has 0 aromatic carbocycles. The lowest BCUT2D eigenvalue weighted by Crippen LogP contribution is -2.21. The predicted molar refractivity (Wildman–Crippen MR) is 58.1 cm³/mol. The number of hydrogen-bond acceptors (Lipinski definition) is 5. The summed E-state index contributed by atoms with van der Waals surface area (Å²) in [5.74, 6) is 0.928. The summed E-state index contributed by atoms with van der Waals surface area (Å²) < 4.78 is 1.46. The minimum Gasteiger partial charge on any atom is -0.354 e. The number of aromatic nitrogens is 5. The third-order valence-electron chi connectivity index (χ3n) is 2.51. The molecule has 3 heterocycles. The first-order chi connectivity index (χ1) is 7.33. The van der Waals surface area contributed by atoms with Crippen molar-refractivity contribution >= 4 is 27.4 Å². The van der Waals surface area contributed by atoms with Gasteiger partial charge in [0.05, 0.1) is 0 Å². The van der Waals surface area contributed by atoms with Crippen molar-refractivity contribution in [1.82, 2.24) is 25.3 Å². The smallest absolute Gasteiger partial charge is 0.200 e. The van der Waals surface area contributed by atoms with Crippen LogP contribution in [0.4, 0.5) is 5.82 Å². The fourth-order valence-electron chi connectivity index (χ4n) is 1.73. The maximum atomic E-state index is 4.34. The summed E-state index contributed by atoms with van der Waals surface area (Å²) in [5.41, 5.74) is 0.674. The number of fused-ring (bicyclic) bond motifs is 1. The van der Waals surface area contributed by atoms with Crippen LogP contribution in [0.5, 0.6) is 0 Å². The standard InChI is InChI=1S/C8H9BrN6/c9-6-3-4-14(5-6)8-2-1-7-10-12-13-15(7)11-8/h1-2,6H,3-5H2. The van der Waals surface area contributed by atoms with Gasteiger partial charge < -0.3 is 4.90 Å². The molecule has 0 spiro atoms. The fraction of sp³-hybridized carbons (Fsp3) is 0.500. The molecule has 7 heteroatoms. The van der Waals surface area contributed by atoms with Crippen molar-refractivity contribution in [2.45, 2.75) is 11.2 Å². The normalized spacial score (nSPS) is 21.4. The van der Waals surface area contributed by atoms with E-state index in [1.54, 1.807) is 0 Å². The minimum atomic E-state index is 0.559. The van der Waals surface area contributed by atoms with Gasteiger partial charge in [0.2, 0.25) is 0 Å². The van der Waals surface area contributed by atoms with Gasteiger partial charge in [-0.25, -0.2) is 0 Å². The van der Waals surface area contributed by atoms with Crippen molar-refractivity contribution < 1.29 is 0 Å². The zero-order chi connectivity index (χ0) is 10.3. The Morgan fingerprint density at radius 2 is 2.33 bits per heavy atom. The monoisotopic (exact) mass is 268 g/mol. The van der Waals surface area contributed by atoms with Crippen LogP contribution in [0.2, 0.25) is 0 Å². The molecule has 2 aromatic heterocycles. The van der Waals surface area contributed by atoms with E-state index in [0.29, 0.717) is 10.5 Å². The van der Waals surface area contributed by atoms with E-state index in [4.69, 9.17) is 0 Å². The second kappa shape index (κ2) is 3.41. The van der Waals surface area contributed by atoms with E-state index in [1.807, 2.05) is 12.1 Å². The third kappa shape index (κ3) is 1.56. The maximum Gasteiger partial charge on any atom is 0.200 e. The molecule has 6 nitrogen and oxygen atoms in total. The molecule has 0 N–H and O–H groups in total. The Bertz CT molecular complexity index is 483. The van der Waals surface area contributed by atoms with E-state index in [1.165, 1.54) is 4.63 Å². The van der Waals surface area contributed by atoms with Crippen LogP contribution in [0.15, 0.2) is 12.1 Å². The average Bonchev–Trinajstić information content (AvgIpc) is 2.84. The summed E-state index contributed by atoms with van der Waals surface area (Å²) in [7, 11) is 0. The van der Waals surface area contributed by atoms with E-state index >= 15 is 0 Å². The predicted octanol–water partition coefficient (Wildman–Crippen LogP) is 0.493. The number of rotatable bonds is 1.